The highest BCUT2D eigenvalue weighted by molar-refractivity contribution is 6.41. The maximum absolute atomic E-state index is 12.8. The fraction of sp³-hybridized carbons (Fsp3) is 0.522. The second kappa shape index (κ2) is 11.2. The smallest absolute Gasteiger partial charge is 0.447 e. The Labute approximate surface area is 190 Å². The molecule has 2 rings (SSSR count). The Kier molecular flexibility index (Phi) is 8.87. The molecule has 2 amide bonds. The highest BCUT2D eigenvalue weighted by Crippen LogP contribution is 2.24. The van der Waals surface area contributed by atoms with Gasteiger partial charge in [-0.1, -0.05) is 56.7 Å². The molecule has 9 heteroatoms. The van der Waals surface area contributed by atoms with Crippen LogP contribution in [0.15, 0.2) is 35.9 Å². The van der Waals surface area contributed by atoms with E-state index in [2.05, 4.69) is 5.32 Å². The minimum atomic E-state index is -1.59. The molecule has 2 atom stereocenters. The second-order valence-corrected chi connectivity index (χ2v) is 9.25. The van der Waals surface area contributed by atoms with Crippen LogP contribution in [0.3, 0.4) is 0 Å². The number of benzene rings is 1. The summed E-state index contributed by atoms with van der Waals surface area (Å²) in [5.74, 6) is -0.352. The summed E-state index contributed by atoms with van der Waals surface area (Å²) in [4.78, 5) is 26.9. The molecule has 1 heterocycles. The van der Waals surface area contributed by atoms with E-state index in [0.717, 1.165) is 17.5 Å². The highest BCUT2D eigenvalue weighted by Gasteiger charge is 2.32. The van der Waals surface area contributed by atoms with Crippen molar-refractivity contribution in [2.75, 3.05) is 13.2 Å². The van der Waals surface area contributed by atoms with E-state index in [0.29, 0.717) is 13.0 Å². The molecular formula is C23H32BN3O5. The van der Waals surface area contributed by atoms with Crippen molar-refractivity contribution in [2.45, 2.75) is 58.9 Å². The summed E-state index contributed by atoms with van der Waals surface area (Å²) in [7, 11) is -1.59. The summed E-state index contributed by atoms with van der Waals surface area (Å²) < 4.78 is 5.37. The van der Waals surface area contributed by atoms with Crippen LogP contribution in [0.1, 0.15) is 50.8 Å². The van der Waals surface area contributed by atoms with Gasteiger partial charge in [-0.05, 0) is 30.7 Å². The average Bonchev–Trinajstić information content (AvgIpc) is 3.17. The number of alkyl carbamates (subject to hydrolysis) is 1. The van der Waals surface area contributed by atoms with Gasteiger partial charge in [-0.3, -0.25) is 4.79 Å². The quantitative estimate of drug-likeness (QED) is 0.340. The van der Waals surface area contributed by atoms with E-state index in [1.807, 2.05) is 58.0 Å². The van der Waals surface area contributed by atoms with Crippen LogP contribution in [0.25, 0.3) is 0 Å². The van der Waals surface area contributed by atoms with Crippen LogP contribution in [0.2, 0.25) is 6.32 Å². The fourth-order valence-electron chi connectivity index (χ4n) is 3.65. The standard InChI is InChI=1S/C23H32BN3O5/c1-16-7-9-17(10-8-16)20(13-24(30)31)26-22(29)32-15-19-6-5-11-27(19)21(28)18(14-25)12-23(2,3)4/h7-10,12,19-20,30-31H,5-6,11,13,15H2,1-4H3,(H,26,29)/t19-,20-/m1/s1. The molecule has 0 unspecified atom stereocenters. The average molecular weight is 441 g/mol. The topological polar surface area (TPSA) is 123 Å². The Hall–Kier alpha value is -2.83. The number of hydrogen-bond acceptors (Lipinski definition) is 6. The first-order valence-electron chi connectivity index (χ1n) is 10.8. The maximum atomic E-state index is 12.8. The molecular weight excluding hydrogens is 409 g/mol. The van der Waals surface area contributed by atoms with Crippen LogP contribution >= 0.6 is 0 Å². The van der Waals surface area contributed by atoms with Crippen molar-refractivity contribution in [1.29, 1.82) is 5.26 Å². The van der Waals surface area contributed by atoms with Gasteiger partial charge in [0, 0.05) is 12.9 Å². The molecule has 1 aliphatic heterocycles. The molecule has 0 aliphatic carbocycles. The van der Waals surface area contributed by atoms with Crippen LogP contribution in [0, 0.1) is 23.7 Å². The zero-order chi connectivity index (χ0) is 23.9. The van der Waals surface area contributed by atoms with Gasteiger partial charge in [0.1, 0.15) is 18.2 Å². The van der Waals surface area contributed by atoms with Crippen molar-refractivity contribution in [3.63, 3.8) is 0 Å². The molecule has 8 nitrogen and oxygen atoms in total. The van der Waals surface area contributed by atoms with E-state index < -0.39 is 19.3 Å². The number of aryl methyl sites for hydroxylation is 1. The molecule has 0 radical (unpaired) electrons. The summed E-state index contributed by atoms with van der Waals surface area (Å²) in [6.07, 6.45) is 2.30. The van der Waals surface area contributed by atoms with Gasteiger partial charge in [0.2, 0.25) is 0 Å². The van der Waals surface area contributed by atoms with Crippen molar-refractivity contribution in [3.8, 4) is 6.07 Å². The van der Waals surface area contributed by atoms with E-state index >= 15 is 0 Å². The molecule has 1 aliphatic rings. The molecule has 3 N–H and O–H groups in total. The van der Waals surface area contributed by atoms with Gasteiger partial charge in [0.05, 0.1) is 12.1 Å². The number of carbonyl (C=O) groups is 2. The van der Waals surface area contributed by atoms with Gasteiger partial charge in [0.15, 0.2) is 0 Å². The van der Waals surface area contributed by atoms with Crippen molar-refractivity contribution in [1.82, 2.24) is 10.2 Å². The lowest BCUT2D eigenvalue weighted by atomic mass is 9.79. The molecule has 32 heavy (non-hydrogen) atoms. The normalized spacial score (nSPS) is 17.5. The molecule has 172 valence electrons. The molecule has 0 saturated carbocycles. The SMILES string of the molecule is Cc1ccc([C@@H](CB(O)O)NC(=O)OC[C@H]2CCCN2C(=O)C(C#N)=CC(C)(C)C)cc1. The lowest BCUT2D eigenvalue weighted by Crippen LogP contribution is -2.41. The van der Waals surface area contributed by atoms with Crippen LogP contribution in [-0.4, -0.2) is 53.3 Å². The number of nitriles is 1. The fourth-order valence-corrected chi connectivity index (χ4v) is 3.65. The summed E-state index contributed by atoms with van der Waals surface area (Å²) in [6, 6.07) is 8.41. The van der Waals surface area contributed by atoms with Crippen molar-refractivity contribution in [3.05, 3.63) is 47.0 Å². The van der Waals surface area contributed by atoms with Gasteiger partial charge in [0.25, 0.3) is 5.91 Å². The number of amides is 2. The molecule has 1 saturated heterocycles. The maximum Gasteiger partial charge on any atom is 0.453 e. The predicted molar refractivity (Wildman–Crippen MR) is 121 cm³/mol. The minimum absolute atomic E-state index is 0.00586. The van der Waals surface area contributed by atoms with Crippen LogP contribution < -0.4 is 5.32 Å². The first-order valence-corrected chi connectivity index (χ1v) is 10.8. The van der Waals surface area contributed by atoms with Gasteiger partial charge >= 0.3 is 13.2 Å². The molecule has 0 bridgehead atoms. The van der Waals surface area contributed by atoms with Gasteiger partial charge in [-0.2, -0.15) is 5.26 Å². The predicted octanol–water partition coefficient (Wildman–Crippen LogP) is 2.72. The van der Waals surface area contributed by atoms with Gasteiger partial charge in [-0.15, -0.1) is 0 Å². The number of hydrogen-bond donors (Lipinski definition) is 3. The summed E-state index contributed by atoms with van der Waals surface area (Å²) in [6.45, 7) is 8.18. The first-order chi connectivity index (χ1) is 15.0. The molecule has 1 fully saturated rings. The van der Waals surface area contributed by atoms with E-state index in [1.54, 1.807) is 11.0 Å². The Morgan fingerprint density at radius 2 is 2.00 bits per heavy atom. The van der Waals surface area contributed by atoms with E-state index in [1.165, 1.54) is 0 Å². The zero-order valence-electron chi connectivity index (χ0n) is 19.2. The number of likely N-dealkylation sites (tertiary alicyclic amines) is 1. The third-order valence-electron chi connectivity index (χ3n) is 5.19. The van der Waals surface area contributed by atoms with Crippen molar-refractivity contribution >= 4 is 19.1 Å². The lowest BCUT2D eigenvalue weighted by Gasteiger charge is -2.25. The number of ether oxygens (including phenoxy) is 1. The number of allylic oxidation sites excluding steroid dienone is 1. The number of nitrogens with one attached hydrogen (secondary N) is 1. The number of rotatable bonds is 7. The number of nitrogens with zero attached hydrogens (tertiary/aromatic N) is 2. The van der Waals surface area contributed by atoms with Crippen LogP contribution in [0.5, 0.6) is 0 Å². The third-order valence-corrected chi connectivity index (χ3v) is 5.19. The molecule has 0 aromatic heterocycles. The zero-order valence-corrected chi connectivity index (χ0v) is 19.2. The Morgan fingerprint density at radius 1 is 1.34 bits per heavy atom. The molecule has 0 spiro atoms. The first kappa shape index (κ1) is 25.4. The monoisotopic (exact) mass is 441 g/mol. The minimum Gasteiger partial charge on any atom is -0.447 e. The van der Waals surface area contributed by atoms with E-state index in [4.69, 9.17) is 4.74 Å². The van der Waals surface area contributed by atoms with Crippen LogP contribution in [-0.2, 0) is 9.53 Å². The van der Waals surface area contributed by atoms with Gasteiger partial charge < -0.3 is 25.0 Å². The molecule has 1 aromatic carbocycles. The second-order valence-electron chi connectivity index (χ2n) is 9.25. The summed E-state index contributed by atoms with van der Waals surface area (Å²) in [5.41, 5.74) is 1.55. The largest absolute Gasteiger partial charge is 0.453 e. The lowest BCUT2D eigenvalue weighted by molar-refractivity contribution is -0.128. The molecule has 1 aromatic rings. The summed E-state index contributed by atoms with van der Waals surface area (Å²) >= 11 is 0. The summed E-state index contributed by atoms with van der Waals surface area (Å²) in [5, 5.41) is 30.9. The highest BCUT2D eigenvalue weighted by atomic mass is 16.5. The Balaban J connectivity index is 2.00. The third kappa shape index (κ3) is 7.70. The van der Waals surface area contributed by atoms with Crippen molar-refractivity contribution < 1.29 is 24.4 Å². The number of carbonyl (C=O) groups excluding carboxylic acids is 2. The van der Waals surface area contributed by atoms with E-state index in [9.17, 15) is 24.9 Å². The Morgan fingerprint density at radius 3 is 2.56 bits per heavy atom. The van der Waals surface area contributed by atoms with E-state index in [-0.39, 0.29) is 35.9 Å². The van der Waals surface area contributed by atoms with Crippen molar-refractivity contribution in [2.24, 2.45) is 5.41 Å². The van der Waals surface area contributed by atoms with Gasteiger partial charge in [-0.25, -0.2) is 4.79 Å². The van der Waals surface area contributed by atoms with Crippen LogP contribution in [0.4, 0.5) is 4.79 Å². The Bertz CT molecular complexity index is 871.